The van der Waals surface area contributed by atoms with Crippen molar-refractivity contribution in [1.82, 2.24) is 0 Å². The fourth-order valence-corrected chi connectivity index (χ4v) is 5.19. The van der Waals surface area contributed by atoms with Crippen LogP contribution in [0.15, 0.2) is 12.2 Å². The van der Waals surface area contributed by atoms with Crippen LogP contribution in [0.3, 0.4) is 0 Å². The van der Waals surface area contributed by atoms with Crippen LogP contribution in [0.5, 0.6) is 0 Å². The molecule has 6 heteroatoms. The lowest BCUT2D eigenvalue weighted by atomic mass is 10.1. The Kier molecular flexibility index (Phi) is 17.9. The Morgan fingerprint density at radius 1 is 0.750 bits per heavy atom. The lowest BCUT2D eigenvalue weighted by Crippen LogP contribution is -2.49. The maximum Gasteiger partial charge on any atom is 0.472 e. The van der Waals surface area contributed by atoms with E-state index in [0.29, 0.717) is 6.61 Å². The Morgan fingerprint density at radius 2 is 1.25 bits per heavy atom. The van der Waals surface area contributed by atoms with Crippen LogP contribution in [0.2, 0.25) is 0 Å². The molecule has 1 aliphatic rings. The van der Waals surface area contributed by atoms with E-state index >= 15 is 0 Å². The summed E-state index contributed by atoms with van der Waals surface area (Å²) in [5, 5.41) is 0. The number of likely N-dealkylation sites (N-methyl/N-ethyl adjacent to an activating group) is 1. The Bertz CT molecular complexity index is 506. The summed E-state index contributed by atoms with van der Waals surface area (Å²) in [7, 11) is -1.69. The van der Waals surface area contributed by atoms with E-state index in [-0.39, 0.29) is 6.61 Å². The molecule has 0 aromatic heterocycles. The molecule has 5 nitrogen and oxygen atoms in total. The summed E-state index contributed by atoms with van der Waals surface area (Å²) in [6.07, 6.45) is 25.9. The zero-order valence-electron chi connectivity index (χ0n) is 21.3. The smallest absolute Gasteiger partial charge is 0.324 e. The van der Waals surface area contributed by atoms with Crippen molar-refractivity contribution >= 4 is 7.82 Å². The van der Waals surface area contributed by atoms with Crippen molar-refractivity contribution in [2.45, 2.75) is 116 Å². The Balaban J connectivity index is 1.86. The quantitative estimate of drug-likeness (QED) is 0.0798. The molecule has 0 aliphatic carbocycles. The average Bonchev–Trinajstić information content (AvgIpc) is 2.76. The SMILES string of the molecule is CCCCCCCCC=CCCCCCCCCOP(=O)(O)OCC[N+]1(C)CCCCC1. The largest absolute Gasteiger partial charge is 0.472 e. The van der Waals surface area contributed by atoms with Gasteiger partial charge in [-0.3, -0.25) is 9.05 Å². The van der Waals surface area contributed by atoms with Gasteiger partial charge in [-0.2, -0.15) is 0 Å². The maximum atomic E-state index is 12.0. The van der Waals surface area contributed by atoms with E-state index in [1.54, 1.807) is 0 Å². The first-order valence-corrected chi connectivity index (χ1v) is 15.1. The summed E-state index contributed by atoms with van der Waals surface area (Å²) in [5.41, 5.74) is 0. The van der Waals surface area contributed by atoms with Crippen molar-refractivity contribution in [3.05, 3.63) is 12.2 Å². The maximum absolute atomic E-state index is 12.0. The average molecular weight is 475 g/mol. The minimum atomic E-state index is -3.90. The molecule has 0 aromatic rings. The third kappa shape index (κ3) is 17.3. The molecule has 1 aliphatic heterocycles. The predicted octanol–water partition coefficient (Wildman–Crippen LogP) is 7.79. The molecule has 190 valence electrons. The van der Waals surface area contributed by atoms with Crippen LogP contribution in [0.25, 0.3) is 0 Å². The summed E-state index contributed by atoms with van der Waals surface area (Å²) in [6.45, 7) is 5.91. The molecule has 1 heterocycles. The van der Waals surface area contributed by atoms with Gasteiger partial charge < -0.3 is 9.38 Å². The van der Waals surface area contributed by atoms with Gasteiger partial charge in [0.25, 0.3) is 0 Å². The van der Waals surface area contributed by atoms with Crippen LogP contribution < -0.4 is 0 Å². The molecule has 1 rings (SSSR count). The number of quaternary nitrogens is 1. The van der Waals surface area contributed by atoms with Crippen molar-refractivity contribution in [2.75, 3.05) is 39.9 Å². The van der Waals surface area contributed by atoms with Crippen LogP contribution in [0.4, 0.5) is 0 Å². The van der Waals surface area contributed by atoms with E-state index in [9.17, 15) is 9.46 Å². The van der Waals surface area contributed by atoms with Crippen molar-refractivity contribution in [2.24, 2.45) is 0 Å². The van der Waals surface area contributed by atoms with Crippen molar-refractivity contribution in [3.8, 4) is 0 Å². The molecule has 1 saturated heterocycles. The van der Waals surface area contributed by atoms with Gasteiger partial charge in [0.05, 0.1) is 26.7 Å². The van der Waals surface area contributed by atoms with Crippen LogP contribution >= 0.6 is 7.82 Å². The Labute approximate surface area is 199 Å². The van der Waals surface area contributed by atoms with Crippen LogP contribution in [-0.2, 0) is 13.6 Å². The first-order chi connectivity index (χ1) is 15.5. The molecule has 0 bridgehead atoms. The lowest BCUT2D eigenvalue weighted by molar-refractivity contribution is -0.914. The highest BCUT2D eigenvalue weighted by molar-refractivity contribution is 7.47. The van der Waals surface area contributed by atoms with Gasteiger partial charge in [-0.1, -0.05) is 76.9 Å². The summed E-state index contributed by atoms with van der Waals surface area (Å²) >= 11 is 0. The second-order valence-corrected chi connectivity index (χ2v) is 11.4. The number of phosphoric ester groups is 1. The number of likely N-dealkylation sites (tertiary alicyclic amines) is 1. The third-order valence-corrected chi connectivity index (χ3v) is 7.71. The molecular weight excluding hydrogens is 421 g/mol. The van der Waals surface area contributed by atoms with Gasteiger partial charge in [-0.25, -0.2) is 4.57 Å². The van der Waals surface area contributed by atoms with Gasteiger partial charge in [0, 0.05) is 0 Å². The van der Waals surface area contributed by atoms with Gasteiger partial charge in [-0.15, -0.1) is 0 Å². The number of allylic oxidation sites excluding steroid dienone is 2. The fraction of sp³-hybridized carbons (Fsp3) is 0.923. The number of nitrogens with zero attached hydrogens (tertiary/aromatic N) is 1. The fourth-order valence-electron chi connectivity index (χ4n) is 4.44. The topological polar surface area (TPSA) is 55.8 Å². The first kappa shape index (κ1) is 29.8. The molecule has 32 heavy (non-hydrogen) atoms. The second-order valence-electron chi connectivity index (χ2n) is 9.92. The van der Waals surface area contributed by atoms with Gasteiger partial charge in [-0.05, 0) is 51.4 Å². The second kappa shape index (κ2) is 19.2. The number of rotatable bonds is 21. The molecule has 0 amide bonds. The van der Waals surface area contributed by atoms with E-state index in [4.69, 9.17) is 9.05 Å². The van der Waals surface area contributed by atoms with E-state index in [1.807, 2.05) is 0 Å². The van der Waals surface area contributed by atoms with Gasteiger partial charge in [0.2, 0.25) is 0 Å². The lowest BCUT2D eigenvalue weighted by Gasteiger charge is -2.37. The van der Waals surface area contributed by atoms with Crippen molar-refractivity contribution < 1.29 is 23.0 Å². The Morgan fingerprint density at radius 3 is 1.84 bits per heavy atom. The zero-order valence-corrected chi connectivity index (χ0v) is 22.2. The van der Waals surface area contributed by atoms with E-state index in [0.717, 1.165) is 43.4 Å². The van der Waals surface area contributed by atoms with Gasteiger partial charge >= 0.3 is 7.82 Å². The number of hydrogen-bond donors (Lipinski definition) is 1. The minimum absolute atomic E-state index is 0.289. The molecule has 1 N–H and O–H groups in total. The van der Waals surface area contributed by atoms with E-state index in [2.05, 4.69) is 26.1 Å². The van der Waals surface area contributed by atoms with Crippen LogP contribution in [-0.4, -0.2) is 49.3 Å². The molecular formula is C26H53NO4P+. The highest BCUT2D eigenvalue weighted by Gasteiger charge is 2.27. The van der Waals surface area contributed by atoms with Crippen molar-refractivity contribution in [1.29, 1.82) is 0 Å². The molecule has 1 atom stereocenters. The number of hydrogen-bond acceptors (Lipinski definition) is 3. The van der Waals surface area contributed by atoms with Gasteiger partial charge in [0.1, 0.15) is 13.2 Å². The number of phosphoric acid groups is 1. The highest BCUT2D eigenvalue weighted by Crippen LogP contribution is 2.43. The molecule has 1 unspecified atom stereocenters. The zero-order chi connectivity index (χ0) is 23.4. The standard InChI is InChI=1S/C26H52NO4P/c1-3-4-5-6-7-8-9-10-11-12-13-14-15-16-17-21-25-30-32(28,29)31-26-24-27(2)22-19-18-20-23-27/h10-11H,3-9,12-26H2,1-2H3/p+1. The monoisotopic (exact) mass is 474 g/mol. The van der Waals surface area contributed by atoms with Gasteiger partial charge in [0.15, 0.2) is 0 Å². The van der Waals surface area contributed by atoms with Crippen molar-refractivity contribution in [3.63, 3.8) is 0 Å². The molecule has 0 spiro atoms. The van der Waals surface area contributed by atoms with Crippen LogP contribution in [0.1, 0.15) is 116 Å². The molecule has 0 aromatic carbocycles. The minimum Gasteiger partial charge on any atom is -0.324 e. The predicted molar refractivity (Wildman–Crippen MR) is 136 cm³/mol. The summed E-state index contributed by atoms with van der Waals surface area (Å²) < 4.78 is 23.3. The van der Waals surface area contributed by atoms with Crippen LogP contribution in [0, 0.1) is 0 Å². The van der Waals surface area contributed by atoms with E-state index in [1.165, 1.54) is 89.9 Å². The van der Waals surface area contributed by atoms with E-state index < -0.39 is 7.82 Å². The summed E-state index contributed by atoms with van der Waals surface area (Å²) in [5.74, 6) is 0. The molecule has 0 saturated carbocycles. The number of piperidine rings is 1. The Hall–Kier alpha value is -0.190. The molecule has 0 radical (unpaired) electrons. The summed E-state index contributed by atoms with van der Waals surface area (Å²) in [6, 6.07) is 0. The molecule has 1 fully saturated rings. The third-order valence-electron chi connectivity index (χ3n) is 6.69. The highest BCUT2D eigenvalue weighted by atomic mass is 31.2. The number of unbranched alkanes of at least 4 members (excludes halogenated alkanes) is 12. The summed E-state index contributed by atoms with van der Waals surface area (Å²) in [4.78, 5) is 9.85. The first-order valence-electron chi connectivity index (χ1n) is 13.6. The normalized spacial score (nSPS) is 18.2.